The molecule has 166 valence electrons. The smallest absolute Gasteiger partial charge is 0.0577 e. The van der Waals surface area contributed by atoms with Crippen LogP contribution in [0.4, 0.5) is 17.1 Å². The molecule has 6 rings (SSSR count). The molecule has 0 saturated heterocycles. The number of aliphatic hydroxyl groups is 1. The first-order valence-electron chi connectivity index (χ1n) is 11.0. The number of hydrogen-bond acceptors (Lipinski definition) is 4. The molecule has 0 unspecified atom stereocenters. The average molecular weight is 436 g/mol. The van der Waals surface area contributed by atoms with Gasteiger partial charge >= 0.3 is 0 Å². The van der Waals surface area contributed by atoms with Crippen molar-refractivity contribution in [2.45, 2.75) is 13.5 Å². The molecule has 2 bridgehead atoms. The largest absolute Gasteiger partial charge is 0.398 e. The van der Waals surface area contributed by atoms with E-state index in [0.29, 0.717) is 0 Å². The normalized spacial score (nSPS) is 11.8. The highest BCUT2D eigenvalue weighted by atomic mass is 16.2. The molecule has 0 saturated carbocycles. The maximum absolute atomic E-state index is 7.57. The lowest BCUT2D eigenvalue weighted by Gasteiger charge is -2.21. The molecule has 0 aromatic heterocycles. The van der Waals surface area contributed by atoms with E-state index in [0.717, 1.165) is 17.8 Å². The van der Waals surface area contributed by atoms with Crippen LogP contribution in [0.5, 0.6) is 0 Å². The van der Waals surface area contributed by atoms with Crippen LogP contribution < -0.4 is 16.8 Å². The molecule has 5 aromatic carbocycles. The van der Waals surface area contributed by atoms with Crippen LogP contribution in [0.2, 0.25) is 0 Å². The van der Waals surface area contributed by atoms with E-state index in [9.17, 15) is 0 Å². The van der Waals surface area contributed by atoms with Crippen LogP contribution in [0.15, 0.2) is 97.1 Å². The van der Waals surface area contributed by atoms with Gasteiger partial charge in [0.15, 0.2) is 0 Å². The minimum atomic E-state index is 0. The third kappa shape index (κ3) is 3.80. The number of anilines is 3. The predicted octanol–water partition coefficient (Wildman–Crippen LogP) is 7.05. The molecule has 5 aromatic rings. The van der Waals surface area contributed by atoms with Gasteiger partial charge in [0.25, 0.3) is 0 Å². The summed E-state index contributed by atoms with van der Waals surface area (Å²) in [5.41, 5.74) is 13.6. The molecule has 0 spiro atoms. The monoisotopic (exact) mass is 435 g/mol. The summed E-state index contributed by atoms with van der Waals surface area (Å²) in [6.07, 6.45) is 0. The average Bonchev–Trinajstić information content (AvgIpc) is 3.09. The Hall–Kier alpha value is -3.86. The van der Waals surface area contributed by atoms with Crippen LogP contribution in [-0.4, -0.2) is 11.7 Å². The highest BCUT2D eigenvalue weighted by Crippen LogP contribution is 2.51. The van der Waals surface area contributed by atoms with Crippen molar-refractivity contribution in [2.24, 2.45) is 0 Å². The van der Waals surface area contributed by atoms with Gasteiger partial charge < -0.3 is 21.9 Å². The lowest BCUT2D eigenvalue weighted by Crippen LogP contribution is -2.10. The molecule has 4 nitrogen and oxygen atoms in total. The van der Waals surface area contributed by atoms with Gasteiger partial charge in [0.2, 0.25) is 0 Å². The number of rotatable bonds is 2. The number of nitrogens with zero attached hydrogens (tertiary/aromatic N) is 1. The Morgan fingerprint density at radius 2 is 1.36 bits per heavy atom. The molecule has 6 N–H and O–H groups in total. The first kappa shape index (κ1) is 22.3. The molecule has 0 aliphatic carbocycles. The van der Waals surface area contributed by atoms with Crippen molar-refractivity contribution in [3.63, 3.8) is 0 Å². The van der Waals surface area contributed by atoms with Crippen LogP contribution in [0, 0.1) is 0 Å². The van der Waals surface area contributed by atoms with Gasteiger partial charge in [0.1, 0.15) is 0 Å². The standard InChI is InChI=1S/C27H20N2.C2H6O.H3N/c28-24-15-14-18-8-4-6-12-22(18)26(24)25-20-16-19-9-5-7-13-23(19)27(25)29(17-20)21-10-2-1-3-11-21;1-2-3;/h1-16H,17,28H2;3H,2H2,1H3;1H3. The maximum atomic E-state index is 7.57. The van der Waals surface area contributed by atoms with Crippen molar-refractivity contribution in [3.8, 4) is 11.1 Å². The summed E-state index contributed by atoms with van der Waals surface area (Å²) in [6, 6.07) is 34.3. The van der Waals surface area contributed by atoms with Gasteiger partial charge in [-0.2, -0.15) is 0 Å². The molecular weight excluding hydrogens is 406 g/mol. The van der Waals surface area contributed by atoms with Gasteiger partial charge in [-0.15, -0.1) is 0 Å². The number of fused-ring (bicyclic) bond motifs is 5. The van der Waals surface area contributed by atoms with Crippen molar-refractivity contribution in [3.05, 3.63) is 103 Å². The number of benzene rings is 5. The fraction of sp³-hybridized carbons (Fsp3) is 0.103. The summed E-state index contributed by atoms with van der Waals surface area (Å²) >= 11 is 0. The fourth-order valence-corrected chi connectivity index (χ4v) is 4.71. The summed E-state index contributed by atoms with van der Waals surface area (Å²) in [5.74, 6) is 0. The lowest BCUT2D eigenvalue weighted by atomic mass is 9.91. The highest BCUT2D eigenvalue weighted by Gasteiger charge is 2.29. The molecule has 4 heteroatoms. The zero-order valence-electron chi connectivity index (χ0n) is 18.8. The Morgan fingerprint density at radius 1 is 0.758 bits per heavy atom. The van der Waals surface area contributed by atoms with E-state index in [1.807, 2.05) is 6.07 Å². The third-order valence-corrected chi connectivity index (χ3v) is 5.98. The number of aliphatic hydroxyl groups excluding tert-OH is 1. The minimum absolute atomic E-state index is 0. The van der Waals surface area contributed by atoms with Gasteiger partial charge in [0.05, 0.1) is 5.69 Å². The van der Waals surface area contributed by atoms with Gasteiger partial charge in [-0.1, -0.05) is 72.8 Å². The molecule has 0 atom stereocenters. The van der Waals surface area contributed by atoms with E-state index in [-0.39, 0.29) is 12.8 Å². The summed E-state index contributed by atoms with van der Waals surface area (Å²) in [5, 5.41) is 12.5. The second kappa shape index (κ2) is 9.33. The fourth-order valence-electron chi connectivity index (χ4n) is 4.71. The molecule has 33 heavy (non-hydrogen) atoms. The van der Waals surface area contributed by atoms with Gasteiger partial charge in [0, 0.05) is 41.0 Å². The van der Waals surface area contributed by atoms with Crippen LogP contribution in [0.3, 0.4) is 0 Å². The quantitative estimate of drug-likeness (QED) is 0.259. The Balaban J connectivity index is 0.000000617. The molecule has 1 aliphatic heterocycles. The number of nitrogens with two attached hydrogens (primary N) is 1. The molecule has 0 fully saturated rings. The zero-order chi connectivity index (χ0) is 22.1. The minimum Gasteiger partial charge on any atom is -0.398 e. The summed E-state index contributed by atoms with van der Waals surface area (Å²) in [7, 11) is 0. The van der Waals surface area contributed by atoms with Crippen LogP contribution in [-0.2, 0) is 6.54 Å². The summed E-state index contributed by atoms with van der Waals surface area (Å²) < 4.78 is 0. The molecular formula is C29H29N3O. The van der Waals surface area contributed by atoms with Crippen molar-refractivity contribution >= 4 is 38.6 Å². The van der Waals surface area contributed by atoms with Crippen molar-refractivity contribution < 1.29 is 5.11 Å². The second-order valence-corrected chi connectivity index (χ2v) is 7.97. The van der Waals surface area contributed by atoms with E-state index < -0.39 is 0 Å². The van der Waals surface area contributed by atoms with Gasteiger partial charge in [-0.3, -0.25) is 0 Å². The summed E-state index contributed by atoms with van der Waals surface area (Å²) in [6.45, 7) is 2.78. The van der Waals surface area contributed by atoms with Crippen LogP contribution >= 0.6 is 0 Å². The number of hydrogen-bond donors (Lipinski definition) is 3. The Labute approximate surface area is 194 Å². The van der Waals surface area contributed by atoms with Crippen molar-refractivity contribution in [1.82, 2.24) is 6.15 Å². The topological polar surface area (TPSA) is 84.5 Å². The SMILES string of the molecule is CCO.N.Nc1ccc2ccccc2c1-c1c2cc3ccccc3c1N(c1ccccc1)C2. The molecule has 1 heterocycles. The first-order chi connectivity index (χ1) is 15.7. The lowest BCUT2D eigenvalue weighted by molar-refractivity contribution is 0.318. The van der Waals surface area contributed by atoms with Gasteiger partial charge in [-0.25, -0.2) is 0 Å². The maximum Gasteiger partial charge on any atom is 0.0577 e. The van der Waals surface area contributed by atoms with Crippen molar-refractivity contribution in [1.29, 1.82) is 0 Å². The zero-order valence-corrected chi connectivity index (χ0v) is 18.8. The third-order valence-electron chi connectivity index (χ3n) is 5.98. The Bertz CT molecular complexity index is 1410. The van der Waals surface area contributed by atoms with E-state index >= 15 is 0 Å². The van der Waals surface area contributed by atoms with Crippen LogP contribution in [0.25, 0.3) is 32.7 Å². The van der Waals surface area contributed by atoms with Crippen molar-refractivity contribution in [2.75, 3.05) is 17.2 Å². The molecule has 0 radical (unpaired) electrons. The van der Waals surface area contributed by atoms with Crippen LogP contribution in [0.1, 0.15) is 12.5 Å². The number of nitrogen functional groups attached to an aromatic ring is 1. The Morgan fingerprint density at radius 3 is 2.09 bits per heavy atom. The summed E-state index contributed by atoms with van der Waals surface area (Å²) in [4.78, 5) is 2.42. The van der Waals surface area contributed by atoms with E-state index in [1.165, 1.54) is 44.0 Å². The van der Waals surface area contributed by atoms with Gasteiger partial charge in [-0.05, 0) is 52.9 Å². The highest BCUT2D eigenvalue weighted by molar-refractivity contribution is 6.14. The Kier molecular flexibility index (Phi) is 6.31. The van der Waals surface area contributed by atoms with E-state index in [1.54, 1.807) is 6.92 Å². The number of para-hydroxylation sites is 1. The van der Waals surface area contributed by atoms with E-state index in [2.05, 4.69) is 95.9 Å². The molecule has 0 amide bonds. The molecule has 1 aliphatic rings. The second-order valence-electron chi connectivity index (χ2n) is 7.97. The first-order valence-corrected chi connectivity index (χ1v) is 11.0. The van der Waals surface area contributed by atoms with E-state index in [4.69, 9.17) is 10.8 Å². The predicted molar refractivity (Wildman–Crippen MR) is 141 cm³/mol.